The van der Waals surface area contributed by atoms with Crippen LogP contribution in [0.1, 0.15) is 25.0 Å². The van der Waals surface area contributed by atoms with Crippen molar-refractivity contribution in [1.29, 1.82) is 0 Å². The lowest BCUT2D eigenvalue weighted by Gasteiger charge is -2.27. The highest BCUT2D eigenvalue weighted by Crippen LogP contribution is 2.30. The van der Waals surface area contributed by atoms with Crippen LogP contribution in [0.2, 0.25) is 0 Å². The first-order valence-electron chi connectivity index (χ1n) is 8.40. The summed E-state index contributed by atoms with van der Waals surface area (Å²) in [4.78, 5) is 6.57. The zero-order chi connectivity index (χ0) is 18.0. The van der Waals surface area contributed by atoms with Gasteiger partial charge in [-0.2, -0.15) is 0 Å². The lowest BCUT2D eigenvalue weighted by Crippen LogP contribution is -2.35. The first-order chi connectivity index (χ1) is 11.9. The fourth-order valence-electron chi connectivity index (χ4n) is 3.39. The van der Waals surface area contributed by atoms with Crippen molar-refractivity contribution in [2.24, 2.45) is 0 Å². The molecule has 2 heterocycles. The molecule has 0 bridgehead atoms. The third-order valence-corrected chi connectivity index (χ3v) is 6.26. The van der Waals surface area contributed by atoms with Crippen molar-refractivity contribution in [1.82, 2.24) is 4.98 Å². The number of benzene rings is 1. The minimum Gasteiger partial charge on any atom is -0.378 e. The van der Waals surface area contributed by atoms with Gasteiger partial charge in [0.2, 0.25) is 0 Å². The molecule has 7 heteroatoms. The molecule has 1 saturated heterocycles. The molecule has 0 N–H and O–H groups in total. The molecule has 5 nitrogen and oxygen atoms in total. The number of halogens is 1. The van der Waals surface area contributed by atoms with Crippen molar-refractivity contribution >= 4 is 26.4 Å². The number of rotatable bonds is 4. The van der Waals surface area contributed by atoms with Crippen molar-refractivity contribution < 1.29 is 17.5 Å². The van der Waals surface area contributed by atoms with Gasteiger partial charge in [-0.25, -0.2) is 12.8 Å². The predicted octanol–water partition coefficient (Wildman–Crippen LogP) is 2.92. The van der Waals surface area contributed by atoms with E-state index < -0.39 is 15.1 Å². The van der Waals surface area contributed by atoms with Gasteiger partial charge in [-0.15, -0.1) is 0 Å². The maximum absolute atomic E-state index is 13.8. The van der Waals surface area contributed by atoms with E-state index in [1.807, 2.05) is 6.07 Å². The van der Waals surface area contributed by atoms with Crippen LogP contribution in [0.15, 0.2) is 24.3 Å². The van der Waals surface area contributed by atoms with Crippen molar-refractivity contribution in [3.8, 4) is 0 Å². The number of hydrogen-bond acceptors (Lipinski definition) is 5. The second-order valence-corrected chi connectivity index (χ2v) is 8.95. The molecule has 1 aliphatic heterocycles. The van der Waals surface area contributed by atoms with Crippen LogP contribution in [-0.4, -0.2) is 45.1 Å². The number of nitrogens with zero attached hydrogens (tertiary/aromatic N) is 2. The fraction of sp³-hybridized carbons (Fsp3) is 0.500. The summed E-state index contributed by atoms with van der Waals surface area (Å²) in [5.41, 5.74) is 2.26. The van der Waals surface area contributed by atoms with E-state index in [4.69, 9.17) is 4.74 Å². The summed E-state index contributed by atoms with van der Waals surface area (Å²) in [5.74, 6) is -0.329. The van der Waals surface area contributed by atoms with Crippen LogP contribution in [0.4, 0.5) is 10.1 Å². The summed E-state index contributed by atoms with van der Waals surface area (Å²) >= 11 is 0. The quantitative estimate of drug-likeness (QED) is 0.833. The molecule has 1 aromatic carbocycles. The van der Waals surface area contributed by atoms with Gasteiger partial charge in [-0.3, -0.25) is 4.98 Å². The number of aromatic nitrogens is 1. The maximum Gasteiger partial charge on any atom is 0.152 e. The number of methoxy groups -OCH3 is 1. The maximum atomic E-state index is 13.8. The average Bonchev–Trinajstić information content (AvgIpc) is 2.81. The van der Waals surface area contributed by atoms with E-state index in [1.165, 1.54) is 18.4 Å². The van der Waals surface area contributed by atoms with E-state index in [-0.39, 0.29) is 5.82 Å². The minimum absolute atomic E-state index is 0.329. The normalized spacial score (nSPS) is 19.2. The molecule has 0 saturated carbocycles. The van der Waals surface area contributed by atoms with Gasteiger partial charge in [-0.05, 0) is 37.1 Å². The van der Waals surface area contributed by atoms with E-state index in [0.29, 0.717) is 30.5 Å². The second kappa shape index (κ2) is 7.25. The highest BCUT2D eigenvalue weighted by Gasteiger charge is 2.27. The van der Waals surface area contributed by atoms with Crippen molar-refractivity contribution in [2.75, 3.05) is 31.4 Å². The van der Waals surface area contributed by atoms with Gasteiger partial charge in [0.05, 0.1) is 23.1 Å². The Labute approximate surface area is 147 Å². The van der Waals surface area contributed by atoms with Gasteiger partial charge in [-0.1, -0.05) is 6.42 Å². The molecule has 1 fully saturated rings. The highest BCUT2D eigenvalue weighted by atomic mass is 32.2. The predicted molar refractivity (Wildman–Crippen MR) is 97.1 cm³/mol. The first kappa shape index (κ1) is 18.1. The SMILES string of the molecule is COCc1cc(N2CCCCC(S(C)(=O)=O)C2)c2cc(F)ccc2n1. The van der Waals surface area contributed by atoms with Crippen LogP contribution < -0.4 is 4.90 Å². The zero-order valence-corrected chi connectivity index (χ0v) is 15.4. The summed E-state index contributed by atoms with van der Waals surface area (Å²) in [7, 11) is -1.53. The van der Waals surface area contributed by atoms with Gasteiger partial charge in [0.25, 0.3) is 0 Å². The Morgan fingerprint density at radius 1 is 1.32 bits per heavy atom. The second-order valence-electron chi connectivity index (χ2n) is 6.62. The van der Waals surface area contributed by atoms with Crippen LogP contribution in [0.25, 0.3) is 10.9 Å². The molecule has 0 aliphatic carbocycles. The van der Waals surface area contributed by atoms with Crippen LogP contribution in [-0.2, 0) is 21.2 Å². The summed E-state index contributed by atoms with van der Waals surface area (Å²) in [6.07, 6.45) is 3.74. The van der Waals surface area contributed by atoms with Crippen molar-refractivity contribution in [3.63, 3.8) is 0 Å². The summed E-state index contributed by atoms with van der Waals surface area (Å²) in [5, 5.41) is 0.298. The Morgan fingerprint density at radius 2 is 2.12 bits per heavy atom. The minimum atomic E-state index is -3.13. The molecule has 2 aromatic rings. The molecule has 0 radical (unpaired) electrons. The number of anilines is 1. The average molecular weight is 366 g/mol. The molecule has 1 unspecified atom stereocenters. The van der Waals surface area contributed by atoms with Crippen LogP contribution in [0.3, 0.4) is 0 Å². The molecular formula is C18H23FN2O3S. The monoisotopic (exact) mass is 366 g/mol. The van der Waals surface area contributed by atoms with Gasteiger partial charge in [0, 0.05) is 37.5 Å². The van der Waals surface area contributed by atoms with Gasteiger partial charge in [0.15, 0.2) is 9.84 Å². The molecule has 25 heavy (non-hydrogen) atoms. The Balaban J connectivity index is 2.09. The van der Waals surface area contributed by atoms with Gasteiger partial charge in [0.1, 0.15) is 5.82 Å². The lowest BCUT2D eigenvalue weighted by atomic mass is 10.1. The number of hydrogen-bond donors (Lipinski definition) is 0. The van der Waals surface area contributed by atoms with E-state index in [1.54, 1.807) is 13.2 Å². The fourth-order valence-corrected chi connectivity index (χ4v) is 4.43. The molecular weight excluding hydrogens is 343 g/mol. The molecule has 0 amide bonds. The van der Waals surface area contributed by atoms with E-state index in [0.717, 1.165) is 30.8 Å². The largest absolute Gasteiger partial charge is 0.378 e. The summed E-state index contributed by atoms with van der Waals surface area (Å²) in [6, 6.07) is 6.39. The molecule has 136 valence electrons. The van der Waals surface area contributed by atoms with E-state index in [2.05, 4.69) is 9.88 Å². The standard InChI is InChI=1S/C18H23FN2O3S/c1-24-12-14-10-18(16-9-13(19)6-7-17(16)20-14)21-8-4-3-5-15(11-21)25(2,22)23/h6-7,9-10,15H,3-5,8,11-12H2,1-2H3. The third kappa shape index (κ3) is 4.10. The molecule has 3 rings (SSSR count). The van der Waals surface area contributed by atoms with Crippen molar-refractivity contribution in [2.45, 2.75) is 31.1 Å². The number of ether oxygens (including phenoxy) is 1. The van der Waals surface area contributed by atoms with Crippen LogP contribution >= 0.6 is 0 Å². The Morgan fingerprint density at radius 3 is 2.84 bits per heavy atom. The molecule has 1 aliphatic rings. The summed E-state index contributed by atoms with van der Waals surface area (Å²) < 4.78 is 43.2. The van der Waals surface area contributed by atoms with Crippen LogP contribution in [0, 0.1) is 5.82 Å². The van der Waals surface area contributed by atoms with Crippen molar-refractivity contribution in [3.05, 3.63) is 35.8 Å². The summed E-state index contributed by atoms with van der Waals surface area (Å²) in [6.45, 7) is 1.51. The van der Waals surface area contributed by atoms with E-state index in [9.17, 15) is 12.8 Å². The Hall–Kier alpha value is -1.73. The third-order valence-electron chi connectivity index (χ3n) is 4.67. The molecule has 1 atom stereocenters. The molecule has 0 spiro atoms. The lowest BCUT2D eigenvalue weighted by molar-refractivity contribution is 0.182. The van der Waals surface area contributed by atoms with Gasteiger partial charge >= 0.3 is 0 Å². The molecule has 1 aromatic heterocycles. The number of sulfone groups is 1. The smallest absolute Gasteiger partial charge is 0.152 e. The first-order valence-corrected chi connectivity index (χ1v) is 10.4. The zero-order valence-electron chi connectivity index (χ0n) is 14.5. The Bertz CT molecular complexity index is 870. The Kier molecular flexibility index (Phi) is 5.24. The van der Waals surface area contributed by atoms with Gasteiger partial charge < -0.3 is 9.64 Å². The number of pyridine rings is 1. The van der Waals surface area contributed by atoms with Crippen LogP contribution in [0.5, 0.6) is 0 Å². The number of fused-ring (bicyclic) bond motifs is 1. The highest BCUT2D eigenvalue weighted by molar-refractivity contribution is 7.91. The van der Waals surface area contributed by atoms with E-state index >= 15 is 0 Å². The topological polar surface area (TPSA) is 59.5 Å².